The van der Waals surface area contributed by atoms with Gasteiger partial charge in [0.05, 0.1) is 6.04 Å². The van der Waals surface area contributed by atoms with Crippen molar-refractivity contribution in [2.45, 2.75) is 32.9 Å². The molecule has 0 spiro atoms. The van der Waals surface area contributed by atoms with E-state index in [1.807, 2.05) is 0 Å². The first-order chi connectivity index (χ1) is 7.41. The molecule has 2 N–H and O–H groups in total. The molecule has 2 unspecified atom stereocenters. The highest BCUT2D eigenvalue weighted by molar-refractivity contribution is 9.10. The number of nitrogens with zero attached hydrogens (tertiary/aromatic N) is 1. The van der Waals surface area contributed by atoms with Crippen LogP contribution < -0.4 is 5.73 Å². The molecule has 2 nitrogen and oxygen atoms in total. The highest BCUT2D eigenvalue weighted by Crippen LogP contribution is 2.30. The Kier molecular flexibility index (Phi) is 5.44. The highest BCUT2D eigenvalue weighted by Gasteiger charge is 2.23. The number of hydrogen-bond acceptors (Lipinski definition) is 3. The minimum absolute atomic E-state index is 0.147. The summed E-state index contributed by atoms with van der Waals surface area (Å²) in [5.41, 5.74) is 6.10. The van der Waals surface area contributed by atoms with Crippen molar-refractivity contribution in [1.29, 1.82) is 0 Å². The van der Waals surface area contributed by atoms with E-state index < -0.39 is 0 Å². The maximum Gasteiger partial charge on any atom is 0.0588 e. The van der Waals surface area contributed by atoms with Crippen molar-refractivity contribution in [2.24, 2.45) is 11.7 Å². The standard InChI is InChI=1S/C12H21BrN2S/c1-8(2)6-15(4)12(9(3)14)11-5-10(13)7-16-11/h5,7-9,12H,6,14H2,1-4H3. The second-order valence-electron chi connectivity index (χ2n) is 4.80. The lowest BCUT2D eigenvalue weighted by molar-refractivity contribution is 0.200. The predicted octanol–water partition coefficient (Wildman–Crippen LogP) is 3.49. The van der Waals surface area contributed by atoms with Crippen LogP contribution in [0.1, 0.15) is 31.7 Å². The third kappa shape index (κ3) is 3.84. The Hall–Kier alpha value is 0.1000. The fourth-order valence-corrected chi connectivity index (χ4v) is 3.77. The number of hydrogen-bond donors (Lipinski definition) is 1. The summed E-state index contributed by atoms with van der Waals surface area (Å²) in [6, 6.07) is 2.64. The van der Waals surface area contributed by atoms with Crippen LogP contribution in [0.5, 0.6) is 0 Å². The Morgan fingerprint density at radius 2 is 2.06 bits per heavy atom. The molecule has 4 heteroatoms. The molecule has 0 bridgehead atoms. The zero-order valence-corrected chi connectivity index (χ0v) is 12.8. The molecular formula is C12H21BrN2S. The summed E-state index contributed by atoms with van der Waals surface area (Å²) >= 11 is 5.27. The molecule has 1 rings (SSSR count). The molecule has 1 aromatic rings. The second-order valence-corrected chi connectivity index (χ2v) is 6.66. The molecule has 92 valence electrons. The normalized spacial score (nSPS) is 15.8. The maximum absolute atomic E-state index is 6.10. The topological polar surface area (TPSA) is 29.3 Å². The molecule has 1 aromatic heterocycles. The van der Waals surface area contributed by atoms with Crippen molar-refractivity contribution in [3.05, 3.63) is 20.8 Å². The Bertz CT molecular complexity index is 323. The lowest BCUT2D eigenvalue weighted by Gasteiger charge is -2.31. The second kappa shape index (κ2) is 6.15. The molecule has 2 atom stereocenters. The molecule has 0 radical (unpaired) electrons. The molecule has 0 fully saturated rings. The summed E-state index contributed by atoms with van der Waals surface area (Å²) < 4.78 is 1.15. The molecule has 0 aliphatic heterocycles. The van der Waals surface area contributed by atoms with Crippen LogP contribution in [0.15, 0.2) is 15.9 Å². The summed E-state index contributed by atoms with van der Waals surface area (Å²) in [6.07, 6.45) is 0. The van der Waals surface area contributed by atoms with E-state index in [4.69, 9.17) is 5.73 Å². The number of nitrogens with two attached hydrogens (primary N) is 1. The Balaban J connectivity index is 2.82. The third-order valence-corrected chi connectivity index (χ3v) is 4.27. The van der Waals surface area contributed by atoms with E-state index in [9.17, 15) is 0 Å². The molecule has 0 saturated carbocycles. The van der Waals surface area contributed by atoms with Crippen molar-refractivity contribution in [3.63, 3.8) is 0 Å². The third-order valence-electron chi connectivity index (χ3n) is 2.51. The monoisotopic (exact) mass is 304 g/mol. The average molecular weight is 305 g/mol. The van der Waals surface area contributed by atoms with Crippen LogP contribution in [0.3, 0.4) is 0 Å². The van der Waals surface area contributed by atoms with E-state index in [0.29, 0.717) is 12.0 Å². The van der Waals surface area contributed by atoms with Crippen molar-refractivity contribution >= 4 is 27.3 Å². The number of thiophene rings is 1. The highest BCUT2D eigenvalue weighted by atomic mass is 79.9. The van der Waals surface area contributed by atoms with Crippen LogP contribution in [-0.4, -0.2) is 24.5 Å². The van der Waals surface area contributed by atoms with Crippen LogP contribution in [0.4, 0.5) is 0 Å². The van der Waals surface area contributed by atoms with Crippen LogP contribution in [0.2, 0.25) is 0 Å². The van der Waals surface area contributed by atoms with Gasteiger partial charge >= 0.3 is 0 Å². The zero-order valence-electron chi connectivity index (χ0n) is 10.4. The van der Waals surface area contributed by atoms with Gasteiger partial charge in [0, 0.05) is 27.3 Å². The number of halogens is 1. The van der Waals surface area contributed by atoms with E-state index in [1.54, 1.807) is 11.3 Å². The van der Waals surface area contributed by atoms with Gasteiger partial charge < -0.3 is 5.73 Å². The first-order valence-electron chi connectivity index (χ1n) is 5.61. The molecule has 0 amide bonds. The van der Waals surface area contributed by atoms with Crippen molar-refractivity contribution < 1.29 is 0 Å². The van der Waals surface area contributed by atoms with Gasteiger partial charge in [-0.2, -0.15) is 0 Å². The van der Waals surface area contributed by atoms with Gasteiger partial charge in [-0.1, -0.05) is 13.8 Å². The van der Waals surface area contributed by atoms with Gasteiger partial charge in [-0.05, 0) is 41.9 Å². The van der Waals surface area contributed by atoms with E-state index in [1.165, 1.54) is 4.88 Å². The van der Waals surface area contributed by atoms with E-state index >= 15 is 0 Å². The van der Waals surface area contributed by atoms with Gasteiger partial charge in [-0.3, -0.25) is 4.90 Å². The first kappa shape index (κ1) is 14.2. The molecule has 0 aliphatic rings. The fourth-order valence-electron chi connectivity index (χ4n) is 2.05. The Morgan fingerprint density at radius 1 is 1.44 bits per heavy atom. The fraction of sp³-hybridized carbons (Fsp3) is 0.667. The largest absolute Gasteiger partial charge is 0.326 e. The van der Waals surface area contributed by atoms with Crippen LogP contribution in [0, 0.1) is 5.92 Å². The molecule has 1 heterocycles. The predicted molar refractivity (Wildman–Crippen MR) is 75.9 cm³/mol. The van der Waals surface area contributed by atoms with Crippen molar-refractivity contribution in [3.8, 4) is 0 Å². The number of likely N-dealkylation sites (N-methyl/N-ethyl adjacent to an activating group) is 1. The smallest absolute Gasteiger partial charge is 0.0588 e. The SMILES string of the molecule is CC(C)CN(C)C(c1cc(Br)cs1)C(C)N. The quantitative estimate of drug-likeness (QED) is 0.902. The van der Waals surface area contributed by atoms with E-state index in [0.717, 1.165) is 11.0 Å². The zero-order chi connectivity index (χ0) is 12.3. The average Bonchev–Trinajstić information content (AvgIpc) is 2.49. The molecule has 0 aliphatic carbocycles. The summed E-state index contributed by atoms with van der Waals surface area (Å²) in [6.45, 7) is 7.62. The summed E-state index contributed by atoms with van der Waals surface area (Å²) in [7, 11) is 2.15. The van der Waals surface area contributed by atoms with Gasteiger partial charge in [0.1, 0.15) is 0 Å². The summed E-state index contributed by atoms with van der Waals surface area (Å²) in [5.74, 6) is 0.662. The maximum atomic E-state index is 6.10. The molecule has 0 saturated heterocycles. The van der Waals surface area contributed by atoms with E-state index in [2.05, 4.69) is 60.1 Å². The van der Waals surface area contributed by atoms with Gasteiger partial charge in [0.2, 0.25) is 0 Å². The first-order valence-corrected chi connectivity index (χ1v) is 7.28. The summed E-state index contributed by atoms with van der Waals surface area (Å²) in [4.78, 5) is 3.69. The Morgan fingerprint density at radius 3 is 2.44 bits per heavy atom. The lowest BCUT2D eigenvalue weighted by Crippen LogP contribution is -2.38. The van der Waals surface area contributed by atoms with Crippen LogP contribution >= 0.6 is 27.3 Å². The van der Waals surface area contributed by atoms with Crippen molar-refractivity contribution in [1.82, 2.24) is 4.90 Å². The minimum Gasteiger partial charge on any atom is -0.326 e. The minimum atomic E-state index is 0.147. The lowest BCUT2D eigenvalue weighted by atomic mass is 10.1. The Labute approximate surface area is 111 Å². The van der Waals surface area contributed by atoms with Crippen molar-refractivity contribution in [2.75, 3.05) is 13.6 Å². The summed E-state index contributed by atoms with van der Waals surface area (Å²) in [5, 5.41) is 2.12. The number of rotatable bonds is 5. The van der Waals surface area contributed by atoms with Gasteiger partial charge in [-0.15, -0.1) is 11.3 Å². The molecular weight excluding hydrogens is 284 g/mol. The van der Waals surface area contributed by atoms with Gasteiger partial charge in [-0.25, -0.2) is 0 Å². The molecule has 0 aromatic carbocycles. The van der Waals surface area contributed by atoms with Crippen LogP contribution in [-0.2, 0) is 0 Å². The van der Waals surface area contributed by atoms with Gasteiger partial charge in [0.25, 0.3) is 0 Å². The molecule has 16 heavy (non-hydrogen) atoms. The van der Waals surface area contributed by atoms with Crippen LogP contribution in [0.25, 0.3) is 0 Å². The van der Waals surface area contributed by atoms with Gasteiger partial charge in [0.15, 0.2) is 0 Å². The van der Waals surface area contributed by atoms with E-state index in [-0.39, 0.29) is 6.04 Å².